The molecular formula is C11H18N6S. The highest BCUT2D eigenvalue weighted by Gasteiger charge is 2.42. The second kappa shape index (κ2) is 6.16. The maximum Gasteiger partial charge on any atom is 0.209 e. The van der Waals surface area contributed by atoms with Gasteiger partial charge in [-0.05, 0) is 35.2 Å². The first kappa shape index (κ1) is 13.3. The van der Waals surface area contributed by atoms with Crippen LogP contribution in [0.15, 0.2) is 5.16 Å². The Hall–Kier alpha value is -1.13. The number of rotatable bonds is 8. The first-order chi connectivity index (χ1) is 8.79. The molecule has 98 valence electrons. The number of aromatic nitrogens is 4. The number of tetrazole rings is 1. The zero-order chi connectivity index (χ0) is 12.8. The van der Waals surface area contributed by atoms with Crippen LogP contribution in [-0.2, 0) is 6.54 Å². The molecule has 1 saturated carbocycles. The molecule has 1 aliphatic carbocycles. The van der Waals surface area contributed by atoms with E-state index in [9.17, 15) is 0 Å². The first-order valence-corrected chi connectivity index (χ1v) is 7.25. The van der Waals surface area contributed by atoms with Crippen molar-refractivity contribution in [3.05, 3.63) is 0 Å². The largest absolute Gasteiger partial charge is 0.315 e. The van der Waals surface area contributed by atoms with Crippen molar-refractivity contribution >= 4 is 11.8 Å². The van der Waals surface area contributed by atoms with E-state index >= 15 is 0 Å². The molecule has 18 heavy (non-hydrogen) atoms. The van der Waals surface area contributed by atoms with E-state index in [-0.39, 0.29) is 5.41 Å². The molecule has 6 nitrogen and oxygen atoms in total. The summed E-state index contributed by atoms with van der Waals surface area (Å²) in [5.41, 5.74) is 0.234. The Labute approximate surface area is 111 Å². The summed E-state index contributed by atoms with van der Waals surface area (Å²) in [7, 11) is 0. The zero-order valence-electron chi connectivity index (χ0n) is 10.6. The highest BCUT2D eigenvalue weighted by molar-refractivity contribution is 7.99. The first-order valence-electron chi connectivity index (χ1n) is 6.26. The summed E-state index contributed by atoms with van der Waals surface area (Å²) in [5, 5.41) is 24.6. The molecule has 0 aromatic carbocycles. The van der Waals surface area contributed by atoms with Crippen molar-refractivity contribution in [1.82, 2.24) is 25.5 Å². The Morgan fingerprint density at radius 1 is 1.56 bits per heavy atom. The van der Waals surface area contributed by atoms with Crippen LogP contribution < -0.4 is 5.32 Å². The molecule has 0 atom stereocenters. The van der Waals surface area contributed by atoms with Gasteiger partial charge in [0.1, 0.15) is 0 Å². The molecule has 0 amide bonds. The molecule has 0 radical (unpaired) electrons. The normalized spacial score (nSPS) is 16.4. The fraction of sp³-hybridized carbons (Fsp3) is 0.818. The Morgan fingerprint density at radius 2 is 2.39 bits per heavy atom. The minimum absolute atomic E-state index is 0.234. The lowest BCUT2D eigenvalue weighted by Crippen LogP contribution is -2.20. The van der Waals surface area contributed by atoms with Crippen LogP contribution in [-0.4, -0.2) is 39.0 Å². The van der Waals surface area contributed by atoms with Crippen LogP contribution in [0.5, 0.6) is 0 Å². The van der Waals surface area contributed by atoms with Gasteiger partial charge in [0.25, 0.3) is 0 Å². The summed E-state index contributed by atoms with van der Waals surface area (Å²) in [4.78, 5) is 0. The number of nitrogens with one attached hydrogen (secondary N) is 1. The van der Waals surface area contributed by atoms with Gasteiger partial charge in [0.2, 0.25) is 5.16 Å². The lowest BCUT2D eigenvalue weighted by molar-refractivity contribution is 0.516. The van der Waals surface area contributed by atoms with E-state index in [1.54, 1.807) is 11.8 Å². The summed E-state index contributed by atoms with van der Waals surface area (Å²) in [6.07, 6.45) is 2.97. The number of hydrogen-bond donors (Lipinski definition) is 1. The predicted molar refractivity (Wildman–Crippen MR) is 69.0 cm³/mol. The lowest BCUT2D eigenvalue weighted by atomic mass is 10.1. The highest BCUT2D eigenvalue weighted by Crippen LogP contribution is 2.51. The Bertz CT molecular complexity index is 419. The van der Waals surface area contributed by atoms with E-state index in [4.69, 9.17) is 5.26 Å². The van der Waals surface area contributed by atoms with Crippen LogP contribution in [0.1, 0.15) is 26.2 Å². The van der Waals surface area contributed by atoms with Gasteiger partial charge in [-0.3, -0.25) is 0 Å². The summed E-state index contributed by atoms with van der Waals surface area (Å²) < 4.78 is 1.83. The molecule has 7 heteroatoms. The number of hydrogen-bond acceptors (Lipinski definition) is 6. The molecule has 0 saturated heterocycles. The smallest absolute Gasteiger partial charge is 0.209 e. The molecule has 1 fully saturated rings. The molecule has 0 unspecified atom stereocenters. The zero-order valence-corrected chi connectivity index (χ0v) is 11.4. The van der Waals surface area contributed by atoms with Crippen molar-refractivity contribution in [2.24, 2.45) is 5.41 Å². The molecule has 1 aromatic heterocycles. The molecule has 0 bridgehead atoms. The van der Waals surface area contributed by atoms with Gasteiger partial charge < -0.3 is 5.32 Å². The summed E-state index contributed by atoms with van der Waals surface area (Å²) in [6, 6.07) is 2.28. The van der Waals surface area contributed by atoms with Gasteiger partial charge in [-0.1, -0.05) is 18.7 Å². The molecule has 2 rings (SSSR count). The van der Waals surface area contributed by atoms with Crippen molar-refractivity contribution in [1.29, 1.82) is 5.26 Å². The van der Waals surface area contributed by atoms with Gasteiger partial charge in [-0.2, -0.15) is 5.26 Å². The second-order valence-corrected chi connectivity index (χ2v) is 5.60. The molecule has 0 spiro atoms. The van der Waals surface area contributed by atoms with Crippen molar-refractivity contribution in [3.63, 3.8) is 0 Å². The summed E-state index contributed by atoms with van der Waals surface area (Å²) in [6.45, 7) is 4.69. The molecule has 1 aliphatic rings. The van der Waals surface area contributed by atoms with Gasteiger partial charge in [0.15, 0.2) is 0 Å². The van der Waals surface area contributed by atoms with Gasteiger partial charge in [-0.25, -0.2) is 4.68 Å². The Kier molecular flexibility index (Phi) is 4.55. The molecule has 1 aromatic rings. The van der Waals surface area contributed by atoms with Gasteiger partial charge in [0.05, 0.1) is 12.6 Å². The Balaban J connectivity index is 1.82. The van der Waals surface area contributed by atoms with Crippen molar-refractivity contribution in [2.45, 2.75) is 37.9 Å². The maximum atomic E-state index is 8.78. The van der Waals surface area contributed by atoms with E-state index in [2.05, 4.69) is 33.8 Å². The SMILES string of the molecule is CCNCCn1nnnc1SCC1(CC#N)CC1. The minimum Gasteiger partial charge on any atom is -0.315 e. The topological polar surface area (TPSA) is 79.4 Å². The molecule has 1 heterocycles. The fourth-order valence-electron chi connectivity index (χ4n) is 1.74. The van der Waals surface area contributed by atoms with E-state index in [0.717, 1.165) is 43.4 Å². The van der Waals surface area contributed by atoms with Crippen molar-refractivity contribution < 1.29 is 0 Å². The van der Waals surface area contributed by atoms with Crippen LogP contribution in [0.2, 0.25) is 0 Å². The van der Waals surface area contributed by atoms with E-state index in [0.29, 0.717) is 6.42 Å². The number of nitrogens with zero attached hydrogens (tertiary/aromatic N) is 5. The van der Waals surface area contributed by atoms with Crippen LogP contribution in [0.25, 0.3) is 0 Å². The minimum atomic E-state index is 0.234. The second-order valence-electron chi connectivity index (χ2n) is 4.66. The van der Waals surface area contributed by atoms with E-state index in [1.807, 2.05) is 4.68 Å². The molecule has 0 aliphatic heterocycles. The van der Waals surface area contributed by atoms with E-state index < -0.39 is 0 Å². The van der Waals surface area contributed by atoms with Crippen LogP contribution >= 0.6 is 11.8 Å². The third-order valence-corrected chi connectivity index (χ3v) is 4.48. The summed E-state index contributed by atoms with van der Waals surface area (Å²) in [5.74, 6) is 0.947. The average Bonchev–Trinajstić information content (AvgIpc) is 2.99. The number of likely N-dealkylation sites (N-methyl/N-ethyl adjacent to an activating group) is 1. The van der Waals surface area contributed by atoms with Gasteiger partial charge in [0, 0.05) is 18.7 Å². The Morgan fingerprint density at radius 3 is 3.06 bits per heavy atom. The van der Waals surface area contributed by atoms with Crippen LogP contribution in [0, 0.1) is 16.7 Å². The van der Waals surface area contributed by atoms with Crippen molar-refractivity contribution in [3.8, 4) is 6.07 Å². The predicted octanol–water partition coefficient (Wildman–Crippen LogP) is 1.07. The highest BCUT2D eigenvalue weighted by atomic mass is 32.2. The summed E-state index contributed by atoms with van der Waals surface area (Å²) >= 11 is 1.67. The number of nitriles is 1. The van der Waals surface area contributed by atoms with Gasteiger partial charge in [-0.15, -0.1) is 5.10 Å². The average molecular weight is 266 g/mol. The van der Waals surface area contributed by atoms with Crippen LogP contribution in [0.4, 0.5) is 0 Å². The van der Waals surface area contributed by atoms with Crippen molar-refractivity contribution in [2.75, 3.05) is 18.8 Å². The standard InChI is InChI=1S/C11H18N6S/c1-2-13-7-8-17-10(14-15-16-17)18-9-11(3-4-11)5-6-12/h13H,2-5,7-9H2,1H3. The van der Waals surface area contributed by atoms with E-state index in [1.165, 1.54) is 0 Å². The van der Waals surface area contributed by atoms with Gasteiger partial charge >= 0.3 is 0 Å². The quantitative estimate of drug-likeness (QED) is 0.560. The maximum absolute atomic E-state index is 8.78. The monoisotopic (exact) mass is 266 g/mol. The fourth-order valence-corrected chi connectivity index (χ4v) is 2.93. The molecular weight excluding hydrogens is 248 g/mol. The molecule has 1 N–H and O–H groups in total. The third kappa shape index (κ3) is 3.43. The van der Waals surface area contributed by atoms with Crippen LogP contribution in [0.3, 0.4) is 0 Å². The third-order valence-electron chi connectivity index (χ3n) is 3.17. The lowest BCUT2D eigenvalue weighted by Gasteiger charge is -2.09. The number of thioether (sulfide) groups is 1.